The molecule has 0 aromatic heterocycles. The van der Waals surface area contributed by atoms with Crippen LogP contribution in [0.4, 0.5) is 0 Å². The van der Waals surface area contributed by atoms with Crippen LogP contribution in [0.15, 0.2) is 11.5 Å². The largest absolute Gasteiger partial charge is 0.343 e. The third-order valence-corrected chi connectivity index (χ3v) is 2.11. The molecule has 0 spiro atoms. The van der Waals surface area contributed by atoms with E-state index in [9.17, 15) is 4.79 Å². The van der Waals surface area contributed by atoms with Gasteiger partial charge in [-0.05, 0) is 12.3 Å². The maximum atomic E-state index is 10.3. The first-order chi connectivity index (χ1) is 4.33. The van der Waals surface area contributed by atoms with Crippen molar-refractivity contribution in [3.05, 3.63) is 11.5 Å². The molecule has 1 heterocycles. The highest BCUT2D eigenvalue weighted by molar-refractivity contribution is 8.02. The molecule has 0 aromatic rings. The Morgan fingerprint density at radius 3 is 3.00 bits per heavy atom. The zero-order chi connectivity index (χ0) is 6.69. The van der Waals surface area contributed by atoms with Gasteiger partial charge in [0.05, 0.1) is 11.8 Å². The lowest BCUT2D eigenvalue weighted by molar-refractivity contribution is -0.126. The van der Waals surface area contributed by atoms with E-state index in [1.54, 1.807) is 11.8 Å². The van der Waals surface area contributed by atoms with Gasteiger partial charge in [-0.2, -0.15) is 0 Å². The van der Waals surface area contributed by atoms with E-state index in [1.165, 1.54) is 0 Å². The fourth-order valence-electron chi connectivity index (χ4n) is 0.582. The Bertz CT molecular complexity index is 136. The first-order valence-electron chi connectivity index (χ1n) is 2.89. The van der Waals surface area contributed by atoms with Crippen LogP contribution in [0.5, 0.6) is 0 Å². The number of amides is 1. The predicted octanol–water partition coefficient (Wildman–Crippen LogP) is 1.10. The molecule has 1 fully saturated rings. The summed E-state index contributed by atoms with van der Waals surface area (Å²) in [6.07, 6.45) is 2.64. The van der Waals surface area contributed by atoms with Gasteiger partial charge in [0.1, 0.15) is 0 Å². The van der Waals surface area contributed by atoms with E-state index in [-0.39, 0.29) is 5.91 Å². The van der Waals surface area contributed by atoms with E-state index in [2.05, 4.69) is 5.32 Å². The van der Waals surface area contributed by atoms with Gasteiger partial charge in [-0.3, -0.25) is 4.79 Å². The Hall–Kier alpha value is -0.440. The van der Waals surface area contributed by atoms with Crippen molar-refractivity contribution in [2.24, 2.45) is 0 Å². The van der Waals surface area contributed by atoms with Gasteiger partial charge in [-0.25, -0.2) is 0 Å². The highest BCUT2D eigenvalue weighted by Gasteiger charge is 2.23. The summed E-state index contributed by atoms with van der Waals surface area (Å²) in [7, 11) is 0. The number of rotatable bonds is 2. The first kappa shape index (κ1) is 6.68. The number of hydrogen-bond donors (Lipinski definition) is 1. The molecule has 1 rings (SSSR count). The van der Waals surface area contributed by atoms with E-state index in [4.69, 9.17) is 0 Å². The van der Waals surface area contributed by atoms with Gasteiger partial charge in [-0.15, -0.1) is 11.8 Å². The number of carbonyl (C=O) groups is 1. The number of allylic oxidation sites excluding steroid dienone is 1. The average molecular weight is 143 g/mol. The van der Waals surface area contributed by atoms with Crippen LogP contribution in [0.25, 0.3) is 0 Å². The Labute approximate surface area is 58.7 Å². The van der Waals surface area contributed by atoms with Gasteiger partial charge in [0.25, 0.3) is 0 Å². The van der Waals surface area contributed by atoms with Crippen molar-refractivity contribution >= 4 is 17.7 Å². The van der Waals surface area contributed by atoms with Gasteiger partial charge >= 0.3 is 0 Å². The molecule has 0 aliphatic carbocycles. The molecular formula is C6H9NOS. The molecule has 0 bridgehead atoms. The van der Waals surface area contributed by atoms with Crippen LogP contribution in [-0.2, 0) is 4.79 Å². The van der Waals surface area contributed by atoms with E-state index in [0.29, 0.717) is 11.8 Å². The molecule has 0 unspecified atom stereocenters. The molecule has 3 heteroatoms. The third kappa shape index (κ3) is 1.75. The third-order valence-electron chi connectivity index (χ3n) is 1.07. The summed E-state index contributed by atoms with van der Waals surface area (Å²) in [5, 5.41) is 5.08. The van der Waals surface area contributed by atoms with Crippen molar-refractivity contribution in [3.63, 3.8) is 0 Å². The van der Waals surface area contributed by atoms with Crippen LogP contribution in [-0.4, -0.2) is 11.3 Å². The second-order valence-electron chi connectivity index (χ2n) is 1.87. The fraction of sp³-hybridized carbons (Fsp3) is 0.500. The summed E-state index contributed by atoms with van der Waals surface area (Å²) in [6, 6.07) is 0. The average Bonchev–Trinajstić information content (AvgIpc) is 1.78. The van der Waals surface area contributed by atoms with E-state index in [1.807, 2.05) is 18.4 Å². The highest BCUT2D eigenvalue weighted by Crippen LogP contribution is 2.19. The molecule has 0 aromatic carbocycles. The Kier molecular flexibility index (Phi) is 2.16. The SMILES string of the molecule is C/C=C\S[C@H]1CC(=O)N1. The monoisotopic (exact) mass is 143 g/mol. The van der Waals surface area contributed by atoms with Crippen molar-refractivity contribution < 1.29 is 4.79 Å². The minimum absolute atomic E-state index is 0.164. The van der Waals surface area contributed by atoms with Crippen molar-refractivity contribution in [1.29, 1.82) is 0 Å². The number of hydrogen-bond acceptors (Lipinski definition) is 2. The van der Waals surface area contributed by atoms with Crippen LogP contribution in [0.2, 0.25) is 0 Å². The second-order valence-corrected chi connectivity index (χ2v) is 2.98. The van der Waals surface area contributed by atoms with Crippen LogP contribution in [0, 0.1) is 0 Å². The zero-order valence-electron chi connectivity index (χ0n) is 5.26. The van der Waals surface area contributed by atoms with Crippen molar-refractivity contribution in [3.8, 4) is 0 Å². The van der Waals surface area contributed by atoms with Gasteiger partial charge in [-0.1, -0.05) is 6.08 Å². The number of carbonyl (C=O) groups excluding carboxylic acids is 1. The van der Waals surface area contributed by atoms with Gasteiger partial charge in [0.15, 0.2) is 0 Å². The summed E-state index contributed by atoms with van der Waals surface area (Å²) in [5.74, 6) is 0.164. The molecule has 50 valence electrons. The number of nitrogens with one attached hydrogen (secondary N) is 1. The second kappa shape index (κ2) is 2.92. The molecule has 9 heavy (non-hydrogen) atoms. The lowest BCUT2D eigenvalue weighted by Crippen LogP contribution is -2.45. The smallest absolute Gasteiger partial charge is 0.223 e. The van der Waals surface area contributed by atoms with Crippen LogP contribution >= 0.6 is 11.8 Å². The first-order valence-corrected chi connectivity index (χ1v) is 3.83. The lowest BCUT2D eigenvalue weighted by atomic mass is 10.3. The molecule has 0 radical (unpaired) electrons. The Balaban J connectivity index is 2.10. The van der Waals surface area contributed by atoms with Crippen LogP contribution in [0.3, 0.4) is 0 Å². The number of β-lactam (4-membered cyclic amide) rings is 1. The van der Waals surface area contributed by atoms with Crippen molar-refractivity contribution in [1.82, 2.24) is 5.32 Å². The molecule has 1 saturated heterocycles. The molecule has 2 nitrogen and oxygen atoms in total. The maximum absolute atomic E-state index is 10.3. The van der Waals surface area contributed by atoms with Crippen LogP contribution < -0.4 is 5.32 Å². The highest BCUT2D eigenvalue weighted by atomic mass is 32.2. The van der Waals surface area contributed by atoms with Crippen molar-refractivity contribution in [2.45, 2.75) is 18.7 Å². The molecule has 1 amide bonds. The Morgan fingerprint density at radius 2 is 2.56 bits per heavy atom. The summed E-state index contributed by atoms with van der Waals surface area (Å²) >= 11 is 1.65. The normalized spacial score (nSPS) is 25.9. The minimum Gasteiger partial charge on any atom is -0.343 e. The standard InChI is InChI=1S/C6H9NOS/c1-2-3-9-6-4-5(8)7-6/h2-3,6H,4H2,1H3,(H,7,8)/b3-2-/t6-/m0/s1. The zero-order valence-corrected chi connectivity index (χ0v) is 6.07. The lowest BCUT2D eigenvalue weighted by Gasteiger charge is -2.24. The molecule has 0 saturated carbocycles. The topological polar surface area (TPSA) is 29.1 Å². The van der Waals surface area contributed by atoms with Gasteiger partial charge < -0.3 is 5.32 Å². The summed E-state index contributed by atoms with van der Waals surface area (Å²) in [6.45, 7) is 1.97. The van der Waals surface area contributed by atoms with Gasteiger partial charge in [0, 0.05) is 0 Å². The molecule has 1 N–H and O–H groups in total. The molecule has 1 aliphatic heterocycles. The number of thioether (sulfide) groups is 1. The van der Waals surface area contributed by atoms with Crippen LogP contribution in [0.1, 0.15) is 13.3 Å². The quantitative estimate of drug-likeness (QED) is 0.586. The summed E-state index contributed by atoms with van der Waals surface area (Å²) in [5.41, 5.74) is 0. The summed E-state index contributed by atoms with van der Waals surface area (Å²) < 4.78 is 0. The van der Waals surface area contributed by atoms with Gasteiger partial charge in [0.2, 0.25) is 5.91 Å². The summed E-state index contributed by atoms with van der Waals surface area (Å²) in [4.78, 5) is 10.3. The minimum atomic E-state index is 0.164. The van der Waals surface area contributed by atoms with E-state index in [0.717, 1.165) is 0 Å². The van der Waals surface area contributed by atoms with E-state index >= 15 is 0 Å². The van der Waals surface area contributed by atoms with Crippen molar-refractivity contribution in [2.75, 3.05) is 0 Å². The predicted molar refractivity (Wildman–Crippen MR) is 39.0 cm³/mol. The fourth-order valence-corrected chi connectivity index (χ4v) is 1.38. The molecular weight excluding hydrogens is 134 g/mol. The molecule has 1 aliphatic rings. The molecule has 1 atom stereocenters. The maximum Gasteiger partial charge on any atom is 0.223 e. The Morgan fingerprint density at radius 1 is 1.89 bits per heavy atom. The van der Waals surface area contributed by atoms with E-state index < -0.39 is 0 Å².